The molecule has 2 aliphatic heterocycles. The van der Waals surface area contributed by atoms with Crippen molar-refractivity contribution in [3.8, 4) is 11.5 Å². The summed E-state index contributed by atoms with van der Waals surface area (Å²) >= 11 is 0. The number of benzene rings is 1. The van der Waals surface area contributed by atoms with E-state index < -0.39 is 18.4 Å². The van der Waals surface area contributed by atoms with Crippen molar-refractivity contribution < 1.29 is 24.5 Å². The van der Waals surface area contributed by atoms with E-state index in [2.05, 4.69) is 52.2 Å². The predicted octanol–water partition coefficient (Wildman–Crippen LogP) is 2.43. The van der Waals surface area contributed by atoms with E-state index in [-0.39, 0.29) is 16.9 Å². The lowest BCUT2D eigenvalue weighted by atomic mass is 9.87. The molecular formula is C24H30N4O5. The molecule has 33 heavy (non-hydrogen) atoms. The first-order valence-corrected chi connectivity index (χ1v) is 11.2. The molecule has 0 unspecified atom stereocenters. The highest BCUT2D eigenvalue weighted by atomic mass is 16.5. The van der Waals surface area contributed by atoms with E-state index in [4.69, 9.17) is 9.84 Å². The van der Waals surface area contributed by atoms with Crippen LogP contribution in [-0.2, 0) is 16.6 Å². The molecule has 1 aromatic heterocycles. The summed E-state index contributed by atoms with van der Waals surface area (Å²) in [5.74, 6) is -0.403. The van der Waals surface area contributed by atoms with Crippen molar-refractivity contribution in [2.24, 2.45) is 5.92 Å². The van der Waals surface area contributed by atoms with E-state index in [1.54, 1.807) is 6.92 Å². The number of hydrogen-bond acceptors (Lipinski definition) is 7. The third-order valence-electron chi connectivity index (χ3n) is 6.45. The van der Waals surface area contributed by atoms with Gasteiger partial charge >= 0.3 is 5.97 Å². The summed E-state index contributed by atoms with van der Waals surface area (Å²) in [7, 11) is 0. The third kappa shape index (κ3) is 4.86. The van der Waals surface area contributed by atoms with Crippen molar-refractivity contribution in [1.29, 1.82) is 0 Å². The van der Waals surface area contributed by atoms with Gasteiger partial charge in [-0.15, -0.1) is 0 Å². The fourth-order valence-electron chi connectivity index (χ4n) is 4.49. The first-order valence-electron chi connectivity index (χ1n) is 11.2. The van der Waals surface area contributed by atoms with E-state index in [0.29, 0.717) is 30.5 Å². The molecule has 2 aromatic rings. The summed E-state index contributed by atoms with van der Waals surface area (Å²) in [5, 5.41) is 21.2. The Morgan fingerprint density at radius 3 is 2.67 bits per heavy atom. The third-order valence-corrected chi connectivity index (χ3v) is 6.45. The lowest BCUT2D eigenvalue weighted by molar-refractivity contribution is -0.135. The Bertz CT molecular complexity index is 1080. The van der Waals surface area contributed by atoms with Crippen LogP contribution in [0.2, 0.25) is 0 Å². The Hall–Kier alpha value is -3.36. The molecule has 9 heteroatoms. The molecule has 1 fully saturated rings. The molecule has 3 heterocycles. The molecule has 1 saturated heterocycles. The lowest BCUT2D eigenvalue weighted by Crippen LogP contribution is -2.34. The maximum Gasteiger partial charge on any atom is 0.322 e. The summed E-state index contributed by atoms with van der Waals surface area (Å²) in [6, 6.07) is 6.48. The van der Waals surface area contributed by atoms with Gasteiger partial charge in [0.05, 0.1) is 12.3 Å². The maximum atomic E-state index is 12.2. The summed E-state index contributed by atoms with van der Waals surface area (Å²) in [6.45, 7) is 7.95. The summed E-state index contributed by atoms with van der Waals surface area (Å²) in [4.78, 5) is 33.9. The van der Waals surface area contributed by atoms with E-state index in [0.717, 1.165) is 31.7 Å². The monoisotopic (exact) mass is 454 g/mol. The van der Waals surface area contributed by atoms with Crippen molar-refractivity contribution >= 4 is 17.6 Å². The molecule has 2 aliphatic rings. The number of rotatable bonds is 6. The van der Waals surface area contributed by atoms with Gasteiger partial charge in [-0.2, -0.15) is 0 Å². The van der Waals surface area contributed by atoms with Crippen molar-refractivity contribution in [3.05, 3.63) is 41.0 Å². The maximum absolute atomic E-state index is 12.2. The van der Waals surface area contributed by atoms with E-state index >= 15 is 0 Å². The van der Waals surface area contributed by atoms with E-state index in [1.165, 1.54) is 11.3 Å². The lowest BCUT2D eigenvalue weighted by Gasteiger charge is -2.33. The zero-order chi connectivity index (χ0) is 23.8. The fourth-order valence-corrected chi connectivity index (χ4v) is 4.49. The molecule has 0 saturated carbocycles. The second kappa shape index (κ2) is 8.88. The van der Waals surface area contributed by atoms with Crippen LogP contribution in [0.3, 0.4) is 0 Å². The molecule has 0 spiro atoms. The number of piperidine rings is 1. The van der Waals surface area contributed by atoms with Gasteiger partial charge in [-0.25, -0.2) is 9.97 Å². The summed E-state index contributed by atoms with van der Waals surface area (Å²) in [6.07, 6.45) is 2.50. The van der Waals surface area contributed by atoms with E-state index in [9.17, 15) is 14.7 Å². The Labute approximate surface area is 192 Å². The van der Waals surface area contributed by atoms with Crippen molar-refractivity contribution in [2.45, 2.75) is 45.4 Å². The standard InChI is InChI=1S/C24H30N4O5/c1-14-22(31)21(23(32)25-12-20(29)30)27-19(26-14)10-15-6-8-28(9-7-15)16-4-5-17-18(11-16)33-13-24(17,2)3/h4-5,11,15,31H,6-10,12-13H2,1-3H3,(H,25,32)(H,29,30). The highest BCUT2D eigenvalue weighted by molar-refractivity contribution is 5.96. The van der Waals surface area contributed by atoms with Gasteiger partial charge in [-0.3, -0.25) is 9.59 Å². The van der Waals surface area contributed by atoms with Gasteiger partial charge in [0.15, 0.2) is 11.4 Å². The number of hydrogen-bond donors (Lipinski definition) is 3. The summed E-state index contributed by atoms with van der Waals surface area (Å²) in [5.41, 5.74) is 2.59. The molecule has 1 amide bonds. The first-order chi connectivity index (χ1) is 15.6. The van der Waals surface area contributed by atoms with Gasteiger partial charge in [0.1, 0.15) is 18.1 Å². The first kappa shape index (κ1) is 22.8. The number of ether oxygens (including phenoxy) is 1. The van der Waals surface area contributed by atoms with Crippen LogP contribution in [0.5, 0.6) is 11.5 Å². The smallest absolute Gasteiger partial charge is 0.322 e. The molecule has 0 aliphatic carbocycles. The van der Waals surface area contributed by atoms with Crippen LogP contribution in [0, 0.1) is 12.8 Å². The summed E-state index contributed by atoms with van der Waals surface area (Å²) < 4.78 is 5.90. The molecule has 0 bridgehead atoms. The highest BCUT2D eigenvalue weighted by Gasteiger charge is 2.32. The minimum Gasteiger partial charge on any atom is -0.504 e. The number of nitrogens with zero attached hydrogens (tertiary/aromatic N) is 3. The van der Waals surface area contributed by atoms with Crippen molar-refractivity contribution in [3.63, 3.8) is 0 Å². The van der Waals surface area contributed by atoms with Gasteiger partial charge in [0, 0.05) is 42.2 Å². The number of carbonyl (C=O) groups excluding carboxylic acids is 1. The number of carboxylic acid groups (broad SMARTS) is 1. The number of fused-ring (bicyclic) bond motifs is 1. The molecule has 176 valence electrons. The number of carboxylic acids is 1. The number of nitrogens with one attached hydrogen (secondary N) is 1. The largest absolute Gasteiger partial charge is 0.504 e. The second-order valence-corrected chi connectivity index (χ2v) is 9.49. The topological polar surface area (TPSA) is 125 Å². The Kier molecular flexibility index (Phi) is 6.14. The van der Waals surface area contributed by atoms with Gasteiger partial charge < -0.3 is 25.2 Å². The Balaban J connectivity index is 1.39. The SMILES string of the molecule is Cc1nc(CC2CCN(c3ccc4c(c3)OCC4(C)C)CC2)nc(C(=O)NCC(=O)O)c1O. The van der Waals surface area contributed by atoms with Gasteiger partial charge in [0.2, 0.25) is 0 Å². The van der Waals surface area contributed by atoms with Crippen LogP contribution >= 0.6 is 0 Å². The van der Waals surface area contributed by atoms with Crippen LogP contribution in [0.15, 0.2) is 18.2 Å². The molecule has 3 N–H and O–H groups in total. The van der Waals surface area contributed by atoms with Gasteiger partial charge in [0.25, 0.3) is 5.91 Å². The number of amides is 1. The molecular weight excluding hydrogens is 424 g/mol. The van der Waals surface area contributed by atoms with Crippen LogP contribution in [-0.4, -0.2) is 58.3 Å². The Morgan fingerprint density at radius 1 is 1.24 bits per heavy atom. The highest BCUT2D eigenvalue weighted by Crippen LogP contribution is 2.41. The molecule has 1 aromatic carbocycles. The number of aromatic hydroxyl groups is 1. The van der Waals surface area contributed by atoms with Crippen LogP contribution in [0.25, 0.3) is 0 Å². The van der Waals surface area contributed by atoms with E-state index in [1.807, 2.05) is 0 Å². The predicted molar refractivity (Wildman–Crippen MR) is 122 cm³/mol. The number of aryl methyl sites for hydroxylation is 1. The number of anilines is 1. The molecule has 0 atom stereocenters. The molecule has 4 rings (SSSR count). The van der Waals surface area contributed by atoms with Crippen LogP contribution < -0.4 is 15.0 Å². The average molecular weight is 455 g/mol. The van der Waals surface area contributed by atoms with Crippen molar-refractivity contribution in [1.82, 2.24) is 15.3 Å². The minimum absolute atomic E-state index is 0.0481. The zero-order valence-electron chi connectivity index (χ0n) is 19.2. The Morgan fingerprint density at radius 2 is 1.97 bits per heavy atom. The number of aliphatic carboxylic acids is 1. The van der Waals surface area contributed by atoms with Crippen LogP contribution in [0.1, 0.15) is 54.3 Å². The average Bonchev–Trinajstić information content (AvgIpc) is 3.09. The minimum atomic E-state index is -1.17. The fraction of sp³-hybridized carbons (Fsp3) is 0.500. The van der Waals surface area contributed by atoms with Gasteiger partial charge in [-0.05, 0) is 31.7 Å². The second-order valence-electron chi connectivity index (χ2n) is 9.49. The van der Waals surface area contributed by atoms with Crippen LogP contribution in [0.4, 0.5) is 5.69 Å². The number of carbonyl (C=O) groups is 2. The zero-order valence-corrected chi connectivity index (χ0v) is 19.2. The molecule has 9 nitrogen and oxygen atoms in total. The quantitative estimate of drug-likeness (QED) is 0.608. The van der Waals surface area contributed by atoms with Gasteiger partial charge in [-0.1, -0.05) is 19.9 Å². The molecule has 0 radical (unpaired) electrons. The van der Waals surface area contributed by atoms with Crippen molar-refractivity contribution in [2.75, 3.05) is 31.1 Å². The normalized spacial score (nSPS) is 17.4. The number of aromatic nitrogens is 2.